The first kappa shape index (κ1) is 17.8. The van der Waals surface area contributed by atoms with Crippen molar-refractivity contribution in [1.29, 1.82) is 0 Å². The van der Waals surface area contributed by atoms with Gasteiger partial charge in [-0.05, 0) is 32.3 Å². The molecule has 0 saturated carbocycles. The lowest BCUT2D eigenvalue weighted by atomic mass is 10.3. The first-order valence-electron chi connectivity index (χ1n) is 5.47. The van der Waals surface area contributed by atoms with Crippen LogP contribution < -0.4 is 15.4 Å². The molecule has 19 heavy (non-hydrogen) atoms. The Kier molecular flexibility index (Phi) is 7.62. The van der Waals surface area contributed by atoms with E-state index in [9.17, 15) is 13.2 Å². The topological polar surface area (TPSA) is 87.3 Å². The molecule has 1 rings (SSSR count). The van der Waals surface area contributed by atoms with Gasteiger partial charge in [-0.15, -0.1) is 12.4 Å². The SMILES string of the molecule is CNCCC(=O)Nc1cccc(S(=O)(=O)NC)c1.Cl. The molecule has 3 N–H and O–H groups in total. The van der Waals surface area contributed by atoms with Crippen LogP contribution >= 0.6 is 12.4 Å². The lowest BCUT2D eigenvalue weighted by Crippen LogP contribution is -2.20. The molecular formula is C11H18ClN3O3S. The molecule has 6 nitrogen and oxygen atoms in total. The van der Waals surface area contributed by atoms with Crippen molar-refractivity contribution in [1.82, 2.24) is 10.0 Å². The number of sulfonamides is 1. The van der Waals surface area contributed by atoms with E-state index >= 15 is 0 Å². The summed E-state index contributed by atoms with van der Waals surface area (Å²) in [4.78, 5) is 11.6. The Labute approximate surface area is 119 Å². The number of rotatable bonds is 6. The number of carbonyl (C=O) groups is 1. The summed E-state index contributed by atoms with van der Waals surface area (Å²) < 4.78 is 25.4. The van der Waals surface area contributed by atoms with Crippen molar-refractivity contribution in [3.63, 3.8) is 0 Å². The molecule has 1 aromatic rings. The van der Waals surface area contributed by atoms with Crippen molar-refractivity contribution in [2.24, 2.45) is 0 Å². The number of amides is 1. The Bertz CT molecular complexity index is 520. The Morgan fingerprint density at radius 1 is 1.26 bits per heavy atom. The lowest BCUT2D eigenvalue weighted by molar-refractivity contribution is -0.116. The van der Waals surface area contributed by atoms with Crippen molar-refractivity contribution < 1.29 is 13.2 Å². The van der Waals surface area contributed by atoms with E-state index in [2.05, 4.69) is 15.4 Å². The average Bonchev–Trinajstić information content (AvgIpc) is 2.36. The van der Waals surface area contributed by atoms with Crippen LogP contribution in [0, 0.1) is 0 Å². The third-order valence-electron chi connectivity index (χ3n) is 2.30. The second-order valence-corrected chi connectivity index (χ2v) is 5.52. The molecule has 0 aliphatic carbocycles. The van der Waals surface area contributed by atoms with Crippen molar-refractivity contribution in [3.05, 3.63) is 24.3 Å². The average molecular weight is 308 g/mol. The summed E-state index contributed by atoms with van der Waals surface area (Å²) >= 11 is 0. The van der Waals surface area contributed by atoms with Gasteiger partial charge in [0.1, 0.15) is 0 Å². The van der Waals surface area contributed by atoms with Crippen molar-refractivity contribution in [3.8, 4) is 0 Å². The first-order chi connectivity index (χ1) is 8.49. The van der Waals surface area contributed by atoms with Crippen LogP contribution in [-0.2, 0) is 14.8 Å². The van der Waals surface area contributed by atoms with Gasteiger partial charge in [0, 0.05) is 18.7 Å². The van der Waals surface area contributed by atoms with E-state index in [1.165, 1.54) is 19.2 Å². The predicted molar refractivity (Wildman–Crippen MR) is 77.1 cm³/mol. The highest BCUT2D eigenvalue weighted by molar-refractivity contribution is 7.89. The molecule has 0 fully saturated rings. The van der Waals surface area contributed by atoms with E-state index in [1.807, 2.05) is 0 Å². The third kappa shape index (κ3) is 5.56. The predicted octanol–water partition coefficient (Wildman–Crippen LogP) is 0.564. The fraction of sp³-hybridized carbons (Fsp3) is 0.364. The monoisotopic (exact) mass is 307 g/mol. The number of hydrogen-bond acceptors (Lipinski definition) is 4. The molecule has 0 bridgehead atoms. The van der Waals surface area contributed by atoms with E-state index in [1.54, 1.807) is 19.2 Å². The van der Waals surface area contributed by atoms with Crippen LogP contribution in [0.25, 0.3) is 0 Å². The van der Waals surface area contributed by atoms with Gasteiger partial charge in [0.25, 0.3) is 0 Å². The highest BCUT2D eigenvalue weighted by atomic mass is 35.5. The van der Waals surface area contributed by atoms with Crippen LogP contribution in [-0.4, -0.2) is 35.0 Å². The summed E-state index contributed by atoms with van der Waals surface area (Å²) in [5.41, 5.74) is 0.465. The molecular weight excluding hydrogens is 290 g/mol. The fourth-order valence-electron chi connectivity index (χ4n) is 1.32. The zero-order valence-corrected chi connectivity index (χ0v) is 12.4. The molecule has 0 heterocycles. The molecule has 108 valence electrons. The van der Waals surface area contributed by atoms with E-state index in [0.717, 1.165) is 0 Å². The molecule has 0 atom stereocenters. The number of nitrogens with one attached hydrogen (secondary N) is 3. The Hall–Kier alpha value is -1.15. The summed E-state index contributed by atoms with van der Waals surface area (Å²) in [6.45, 7) is 0.570. The Balaban J connectivity index is 0.00000324. The van der Waals surface area contributed by atoms with Crippen LogP contribution in [0.1, 0.15) is 6.42 Å². The highest BCUT2D eigenvalue weighted by Crippen LogP contribution is 2.15. The van der Waals surface area contributed by atoms with Gasteiger partial charge in [0.2, 0.25) is 15.9 Å². The molecule has 0 saturated heterocycles. The van der Waals surface area contributed by atoms with Gasteiger partial charge in [-0.25, -0.2) is 13.1 Å². The minimum atomic E-state index is -3.49. The zero-order chi connectivity index (χ0) is 13.6. The zero-order valence-electron chi connectivity index (χ0n) is 10.8. The summed E-state index contributed by atoms with van der Waals surface area (Å²) in [7, 11) is -0.389. The van der Waals surface area contributed by atoms with Crippen molar-refractivity contribution >= 4 is 34.0 Å². The van der Waals surface area contributed by atoms with Gasteiger partial charge in [0.05, 0.1) is 4.90 Å². The summed E-state index contributed by atoms with van der Waals surface area (Å²) in [5, 5.41) is 5.50. The summed E-state index contributed by atoms with van der Waals surface area (Å²) in [6, 6.07) is 6.11. The molecule has 0 spiro atoms. The largest absolute Gasteiger partial charge is 0.326 e. The second-order valence-electron chi connectivity index (χ2n) is 3.64. The van der Waals surface area contributed by atoms with E-state index in [0.29, 0.717) is 18.7 Å². The van der Waals surface area contributed by atoms with Gasteiger partial charge in [-0.3, -0.25) is 4.79 Å². The van der Waals surface area contributed by atoms with Crippen LogP contribution in [0.4, 0.5) is 5.69 Å². The third-order valence-corrected chi connectivity index (χ3v) is 3.71. The maximum absolute atomic E-state index is 11.6. The van der Waals surface area contributed by atoms with Crippen molar-refractivity contribution in [2.75, 3.05) is 26.0 Å². The lowest BCUT2D eigenvalue weighted by Gasteiger charge is -2.07. The standard InChI is InChI=1S/C11H17N3O3S.ClH/c1-12-7-6-11(15)14-9-4-3-5-10(8-9)18(16,17)13-2;/h3-5,8,12-13H,6-7H2,1-2H3,(H,14,15);1H. The maximum Gasteiger partial charge on any atom is 0.240 e. The highest BCUT2D eigenvalue weighted by Gasteiger charge is 2.12. The minimum absolute atomic E-state index is 0. The summed E-state index contributed by atoms with van der Waals surface area (Å²) in [5.74, 6) is -0.164. The van der Waals surface area contributed by atoms with Crippen LogP contribution in [0.15, 0.2) is 29.2 Å². The van der Waals surface area contributed by atoms with E-state index < -0.39 is 10.0 Å². The Morgan fingerprint density at radius 2 is 1.95 bits per heavy atom. The number of hydrogen-bond donors (Lipinski definition) is 3. The van der Waals surface area contributed by atoms with Crippen molar-refractivity contribution in [2.45, 2.75) is 11.3 Å². The van der Waals surface area contributed by atoms with Gasteiger partial charge >= 0.3 is 0 Å². The first-order valence-corrected chi connectivity index (χ1v) is 6.96. The van der Waals surface area contributed by atoms with Gasteiger partial charge in [-0.1, -0.05) is 6.07 Å². The molecule has 0 aliphatic rings. The molecule has 0 aliphatic heterocycles. The molecule has 1 aromatic carbocycles. The van der Waals surface area contributed by atoms with Crippen LogP contribution in [0.3, 0.4) is 0 Å². The van der Waals surface area contributed by atoms with Gasteiger partial charge in [-0.2, -0.15) is 0 Å². The quantitative estimate of drug-likeness (QED) is 0.717. The minimum Gasteiger partial charge on any atom is -0.326 e. The van der Waals surface area contributed by atoms with E-state index in [4.69, 9.17) is 0 Å². The molecule has 0 unspecified atom stereocenters. The van der Waals surface area contributed by atoms with Gasteiger partial charge < -0.3 is 10.6 Å². The molecule has 1 amide bonds. The smallest absolute Gasteiger partial charge is 0.240 e. The van der Waals surface area contributed by atoms with Gasteiger partial charge in [0.15, 0.2) is 0 Å². The van der Waals surface area contributed by atoms with E-state index in [-0.39, 0.29) is 23.2 Å². The summed E-state index contributed by atoms with van der Waals surface area (Å²) in [6.07, 6.45) is 0.333. The number of benzene rings is 1. The molecule has 0 radical (unpaired) electrons. The maximum atomic E-state index is 11.6. The number of carbonyl (C=O) groups excluding carboxylic acids is 1. The normalized spacial score (nSPS) is 10.6. The molecule has 8 heteroatoms. The number of halogens is 1. The fourth-order valence-corrected chi connectivity index (χ4v) is 2.10. The second kappa shape index (κ2) is 8.11. The van der Waals surface area contributed by atoms with Crippen LogP contribution in [0.2, 0.25) is 0 Å². The van der Waals surface area contributed by atoms with Crippen LogP contribution in [0.5, 0.6) is 0 Å². The molecule has 0 aromatic heterocycles. The number of anilines is 1. The Morgan fingerprint density at radius 3 is 2.53 bits per heavy atom.